The van der Waals surface area contributed by atoms with E-state index in [0.29, 0.717) is 26.2 Å². The lowest BCUT2D eigenvalue weighted by Gasteiger charge is -2.23. The standard InChI is InChI=1S/C32H23Cl2N3O3S2/c1-17-10-11-18(2)23(14-17)28(38)26-27(20-12-13-24(33)25(34)15-20)37(30(40)29(26)39)31-35-36-32(42-31)41-16-21-8-5-7-19-6-3-4-9-22(19)21/h3-15,27,38H,16H2,1-2H3. The van der Waals surface area contributed by atoms with Gasteiger partial charge in [0, 0.05) is 11.3 Å². The van der Waals surface area contributed by atoms with Gasteiger partial charge >= 0.3 is 5.91 Å². The van der Waals surface area contributed by atoms with E-state index in [1.165, 1.54) is 28.0 Å². The molecule has 0 saturated carbocycles. The Hall–Kier alpha value is -3.69. The van der Waals surface area contributed by atoms with Gasteiger partial charge in [-0.2, -0.15) is 0 Å². The number of aryl methyl sites for hydroxylation is 2. The zero-order chi connectivity index (χ0) is 29.5. The van der Waals surface area contributed by atoms with Gasteiger partial charge in [0.1, 0.15) is 5.76 Å². The van der Waals surface area contributed by atoms with Crippen molar-refractivity contribution in [2.45, 2.75) is 30.0 Å². The summed E-state index contributed by atoms with van der Waals surface area (Å²) in [5.74, 6) is -1.23. The third kappa shape index (κ3) is 5.20. The quantitative estimate of drug-likeness (QED) is 0.0664. The Bertz CT molecular complexity index is 1920. The van der Waals surface area contributed by atoms with E-state index in [1.54, 1.807) is 24.3 Å². The molecule has 1 aliphatic rings. The Labute approximate surface area is 260 Å². The Morgan fingerprint density at radius 3 is 2.55 bits per heavy atom. The van der Waals surface area contributed by atoms with Gasteiger partial charge in [-0.05, 0) is 59.5 Å². The number of aliphatic hydroxyl groups is 1. The number of anilines is 1. The molecule has 2 heterocycles. The maximum atomic E-state index is 13.6. The second-order valence-electron chi connectivity index (χ2n) is 9.94. The van der Waals surface area contributed by atoms with Crippen LogP contribution in [0.2, 0.25) is 10.0 Å². The molecule has 210 valence electrons. The number of amides is 1. The number of rotatable bonds is 6. The normalized spacial score (nSPS) is 16.5. The molecular weight excluding hydrogens is 609 g/mol. The first-order valence-corrected chi connectivity index (χ1v) is 15.5. The summed E-state index contributed by atoms with van der Waals surface area (Å²) in [6, 6.07) is 23.8. The number of nitrogens with zero attached hydrogens (tertiary/aromatic N) is 3. The molecule has 1 saturated heterocycles. The monoisotopic (exact) mass is 631 g/mol. The third-order valence-corrected chi connectivity index (χ3v) is 10.0. The van der Waals surface area contributed by atoms with Crippen molar-refractivity contribution in [1.82, 2.24) is 10.2 Å². The third-order valence-electron chi connectivity index (χ3n) is 7.18. The minimum absolute atomic E-state index is 0.0488. The van der Waals surface area contributed by atoms with Crippen LogP contribution in [0.15, 0.2) is 88.8 Å². The van der Waals surface area contributed by atoms with Crippen molar-refractivity contribution in [3.8, 4) is 0 Å². The highest BCUT2D eigenvalue weighted by atomic mass is 35.5. The summed E-state index contributed by atoms with van der Waals surface area (Å²) < 4.78 is 0.641. The van der Waals surface area contributed by atoms with Crippen LogP contribution in [0.25, 0.3) is 16.5 Å². The molecular formula is C32H23Cl2N3O3S2. The van der Waals surface area contributed by atoms with Crippen LogP contribution in [0.1, 0.15) is 33.9 Å². The summed E-state index contributed by atoms with van der Waals surface area (Å²) in [5.41, 5.74) is 3.75. The van der Waals surface area contributed by atoms with Crippen molar-refractivity contribution in [3.63, 3.8) is 0 Å². The molecule has 4 aromatic carbocycles. The molecule has 0 radical (unpaired) electrons. The predicted molar refractivity (Wildman–Crippen MR) is 171 cm³/mol. The van der Waals surface area contributed by atoms with E-state index in [1.807, 2.05) is 44.2 Å². The Kier molecular flexibility index (Phi) is 7.81. The van der Waals surface area contributed by atoms with Crippen LogP contribution in [-0.4, -0.2) is 27.0 Å². The first-order valence-electron chi connectivity index (χ1n) is 13.0. The number of ketones is 1. The number of carbonyl (C=O) groups excluding carboxylic acids is 2. The van der Waals surface area contributed by atoms with Crippen LogP contribution in [0, 0.1) is 13.8 Å². The Morgan fingerprint density at radius 2 is 1.74 bits per heavy atom. The summed E-state index contributed by atoms with van der Waals surface area (Å²) in [7, 11) is 0. The second-order valence-corrected chi connectivity index (χ2v) is 12.9. The molecule has 0 spiro atoms. The van der Waals surface area contributed by atoms with Gasteiger partial charge in [0.2, 0.25) is 5.13 Å². The highest BCUT2D eigenvalue weighted by Crippen LogP contribution is 2.45. The van der Waals surface area contributed by atoms with Crippen molar-refractivity contribution in [2.24, 2.45) is 0 Å². The average Bonchev–Trinajstić information content (AvgIpc) is 3.56. The van der Waals surface area contributed by atoms with Crippen molar-refractivity contribution < 1.29 is 14.7 Å². The number of carbonyl (C=O) groups is 2. The number of halogens is 2. The lowest BCUT2D eigenvalue weighted by molar-refractivity contribution is -0.132. The van der Waals surface area contributed by atoms with Crippen molar-refractivity contribution >= 4 is 79.7 Å². The van der Waals surface area contributed by atoms with Crippen LogP contribution in [0.4, 0.5) is 5.13 Å². The molecule has 10 heteroatoms. The summed E-state index contributed by atoms with van der Waals surface area (Å²) in [4.78, 5) is 28.4. The molecule has 1 unspecified atom stereocenters. The van der Waals surface area contributed by atoms with Crippen LogP contribution >= 0.6 is 46.3 Å². The topological polar surface area (TPSA) is 83.4 Å². The zero-order valence-electron chi connectivity index (χ0n) is 22.5. The van der Waals surface area contributed by atoms with Gasteiger partial charge in [-0.1, -0.05) is 113 Å². The van der Waals surface area contributed by atoms with Crippen LogP contribution in [0.5, 0.6) is 0 Å². The molecule has 5 aromatic rings. The average molecular weight is 633 g/mol. The Morgan fingerprint density at radius 1 is 0.952 bits per heavy atom. The lowest BCUT2D eigenvalue weighted by Crippen LogP contribution is -2.29. The number of aliphatic hydroxyl groups excluding tert-OH is 1. The SMILES string of the molecule is Cc1ccc(C)c(C(O)=C2C(=O)C(=O)N(c3nnc(SCc4cccc5ccccc45)s3)C2c2ccc(Cl)c(Cl)c2)c1. The minimum Gasteiger partial charge on any atom is -0.507 e. The molecule has 0 aliphatic carbocycles. The maximum Gasteiger partial charge on any atom is 0.301 e. The lowest BCUT2D eigenvalue weighted by atomic mass is 9.93. The van der Waals surface area contributed by atoms with Gasteiger partial charge in [0.15, 0.2) is 4.34 Å². The fourth-order valence-corrected chi connectivity index (χ4v) is 7.26. The molecule has 1 aromatic heterocycles. The van der Waals surface area contributed by atoms with Crippen molar-refractivity contribution in [1.29, 1.82) is 0 Å². The number of hydrogen-bond acceptors (Lipinski definition) is 7. The maximum absolute atomic E-state index is 13.6. The molecule has 42 heavy (non-hydrogen) atoms. The van der Waals surface area contributed by atoms with E-state index < -0.39 is 17.7 Å². The second kappa shape index (κ2) is 11.5. The fraction of sp³-hybridized carbons (Fsp3) is 0.125. The number of thioether (sulfide) groups is 1. The van der Waals surface area contributed by atoms with E-state index in [0.717, 1.165) is 27.5 Å². The van der Waals surface area contributed by atoms with Gasteiger partial charge in [0.05, 0.1) is 21.7 Å². The summed E-state index contributed by atoms with van der Waals surface area (Å²) in [6.45, 7) is 3.73. The largest absolute Gasteiger partial charge is 0.507 e. The van der Waals surface area contributed by atoms with Crippen molar-refractivity contribution in [2.75, 3.05) is 4.90 Å². The van der Waals surface area contributed by atoms with Gasteiger partial charge in [-0.15, -0.1) is 10.2 Å². The van der Waals surface area contributed by atoms with E-state index in [4.69, 9.17) is 23.2 Å². The smallest absolute Gasteiger partial charge is 0.301 e. The van der Waals surface area contributed by atoms with Crippen LogP contribution in [0.3, 0.4) is 0 Å². The number of benzene rings is 4. The zero-order valence-corrected chi connectivity index (χ0v) is 25.6. The minimum atomic E-state index is -0.983. The molecule has 1 N–H and O–H groups in total. The van der Waals surface area contributed by atoms with E-state index >= 15 is 0 Å². The molecule has 1 fully saturated rings. The number of Topliss-reactive ketones (excluding diaryl/α,β-unsaturated/α-hetero) is 1. The van der Waals surface area contributed by atoms with E-state index in [-0.39, 0.29) is 21.5 Å². The first-order chi connectivity index (χ1) is 20.2. The fourth-order valence-electron chi connectivity index (χ4n) is 5.08. The van der Waals surface area contributed by atoms with E-state index in [2.05, 4.69) is 34.5 Å². The molecule has 0 bridgehead atoms. The number of hydrogen-bond donors (Lipinski definition) is 1. The molecule has 1 amide bonds. The first kappa shape index (κ1) is 28.4. The Balaban J connectivity index is 1.40. The van der Waals surface area contributed by atoms with Crippen molar-refractivity contribution in [3.05, 3.63) is 122 Å². The predicted octanol–water partition coefficient (Wildman–Crippen LogP) is 8.53. The highest BCUT2D eigenvalue weighted by molar-refractivity contribution is 8.00. The summed E-state index contributed by atoms with van der Waals surface area (Å²) in [6.07, 6.45) is 0. The highest BCUT2D eigenvalue weighted by Gasteiger charge is 2.48. The molecule has 1 atom stereocenters. The van der Waals surface area contributed by atoms with Gasteiger partial charge in [-0.3, -0.25) is 14.5 Å². The van der Waals surface area contributed by atoms with Gasteiger partial charge in [0.25, 0.3) is 5.78 Å². The van der Waals surface area contributed by atoms with Crippen LogP contribution in [-0.2, 0) is 15.3 Å². The molecule has 1 aliphatic heterocycles. The van der Waals surface area contributed by atoms with E-state index in [9.17, 15) is 14.7 Å². The number of aromatic nitrogens is 2. The number of fused-ring (bicyclic) bond motifs is 1. The summed E-state index contributed by atoms with van der Waals surface area (Å²) >= 11 is 15.3. The molecule has 6 rings (SSSR count). The van der Waals surface area contributed by atoms with Gasteiger partial charge < -0.3 is 5.11 Å². The molecule has 6 nitrogen and oxygen atoms in total. The van der Waals surface area contributed by atoms with Crippen LogP contribution < -0.4 is 4.90 Å². The summed E-state index contributed by atoms with van der Waals surface area (Å²) in [5, 5.41) is 23.3. The van der Waals surface area contributed by atoms with Gasteiger partial charge in [-0.25, -0.2) is 0 Å².